The maximum absolute atomic E-state index is 12.9. The Bertz CT molecular complexity index is 1360. The van der Waals surface area contributed by atoms with Gasteiger partial charge in [-0.25, -0.2) is 5.84 Å². The van der Waals surface area contributed by atoms with E-state index >= 15 is 0 Å². The van der Waals surface area contributed by atoms with Gasteiger partial charge in [-0.1, -0.05) is 6.07 Å². The van der Waals surface area contributed by atoms with Crippen LogP contribution in [0.5, 0.6) is 5.75 Å². The van der Waals surface area contributed by atoms with Gasteiger partial charge in [0.1, 0.15) is 17.4 Å². The number of hydrazine groups is 1. The van der Waals surface area contributed by atoms with Crippen molar-refractivity contribution in [3.63, 3.8) is 0 Å². The number of rotatable bonds is 3. The first-order valence-electron chi connectivity index (χ1n) is 11.3. The van der Waals surface area contributed by atoms with Crippen molar-refractivity contribution < 1.29 is 19.8 Å². The first-order chi connectivity index (χ1) is 15.9. The molecule has 7 N–H and O–H groups in total. The van der Waals surface area contributed by atoms with Crippen LogP contribution in [0.4, 0.5) is 0 Å². The first kappa shape index (κ1) is 21.3. The lowest BCUT2D eigenvalue weighted by molar-refractivity contribution is -0.126. The van der Waals surface area contributed by atoms with Crippen LogP contribution in [0.25, 0.3) is 0 Å². The Morgan fingerprint density at radius 3 is 2.68 bits per heavy atom. The van der Waals surface area contributed by atoms with Crippen LogP contribution in [0.1, 0.15) is 46.1 Å². The number of primary amides is 1. The number of hydrogen-bond donors (Lipinski definition) is 5. The highest BCUT2D eigenvalue weighted by molar-refractivity contribution is 5.96. The monoisotopic (exact) mass is 465 g/mol. The average molecular weight is 466 g/mol. The normalized spacial score (nSPS) is 33.2. The summed E-state index contributed by atoms with van der Waals surface area (Å²) < 4.78 is 0. The van der Waals surface area contributed by atoms with Crippen LogP contribution < -0.4 is 17.1 Å². The molecule has 178 valence electrons. The maximum Gasteiger partial charge on any atom is 0.274 e. The predicted octanol–water partition coefficient (Wildman–Crippen LogP) is -0.993. The molecular formula is C24H27N5O5. The molecule has 3 unspecified atom stereocenters. The molecule has 1 saturated carbocycles. The van der Waals surface area contributed by atoms with Crippen LogP contribution in [0, 0.1) is 0 Å². The lowest BCUT2D eigenvalue weighted by Crippen LogP contribution is -2.74. The van der Waals surface area contributed by atoms with Gasteiger partial charge >= 0.3 is 0 Å². The van der Waals surface area contributed by atoms with E-state index < -0.39 is 34.4 Å². The van der Waals surface area contributed by atoms with Crippen molar-refractivity contribution in [3.05, 3.63) is 62.6 Å². The van der Waals surface area contributed by atoms with E-state index in [9.17, 15) is 24.6 Å². The molecule has 2 amide bonds. The zero-order valence-corrected chi connectivity index (χ0v) is 19.0. The Morgan fingerprint density at radius 1 is 1.26 bits per heavy atom. The molecule has 1 aromatic carbocycles. The Morgan fingerprint density at radius 2 is 2.00 bits per heavy atom. The van der Waals surface area contributed by atoms with Crippen molar-refractivity contribution in [1.29, 1.82) is 0 Å². The molecule has 1 aromatic heterocycles. The number of nitrogens with zero attached hydrogens (tertiary/aromatic N) is 2. The predicted molar refractivity (Wildman–Crippen MR) is 121 cm³/mol. The summed E-state index contributed by atoms with van der Waals surface area (Å²) in [4.78, 5) is 42.3. The number of benzene rings is 1. The summed E-state index contributed by atoms with van der Waals surface area (Å²) in [7, 11) is 2.00. The number of pyridine rings is 1. The third kappa shape index (κ3) is 2.23. The summed E-state index contributed by atoms with van der Waals surface area (Å²) in [6, 6.07) is 5.69. The minimum Gasteiger partial charge on any atom is -0.508 e. The number of aromatic hydroxyl groups is 1. The second-order valence-electron chi connectivity index (χ2n) is 10.5. The lowest BCUT2D eigenvalue weighted by Gasteiger charge is -2.61. The Labute approximate surface area is 195 Å². The van der Waals surface area contributed by atoms with Crippen molar-refractivity contribution in [2.75, 3.05) is 13.6 Å². The van der Waals surface area contributed by atoms with Gasteiger partial charge in [0, 0.05) is 35.9 Å². The number of carbonyl (C=O) groups is 2. The number of hydrogen-bond acceptors (Lipinski definition) is 7. The van der Waals surface area contributed by atoms with Gasteiger partial charge in [0.25, 0.3) is 11.5 Å². The van der Waals surface area contributed by atoms with Crippen molar-refractivity contribution in [3.8, 4) is 5.75 Å². The van der Waals surface area contributed by atoms with Gasteiger partial charge in [0.05, 0.1) is 11.6 Å². The molecule has 0 radical (unpaired) electrons. The molecule has 34 heavy (non-hydrogen) atoms. The average Bonchev–Trinajstić information content (AvgIpc) is 3.14. The fourth-order valence-corrected chi connectivity index (χ4v) is 7.58. The lowest BCUT2D eigenvalue weighted by atomic mass is 9.55. The maximum atomic E-state index is 12.9. The summed E-state index contributed by atoms with van der Waals surface area (Å²) in [5, 5.41) is 23.2. The molecule has 2 bridgehead atoms. The van der Waals surface area contributed by atoms with Crippen molar-refractivity contribution in [2.24, 2.45) is 11.6 Å². The van der Waals surface area contributed by atoms with Crippen molar-refractivity contribution in [2.45, 2.75) is 54.7 Å². The number of likely N-dealkylation sites (N-methyl/N-ethyl adjacent to an activating group) is 1. The zero-order valence-electron chi connectivity index (χ0n) is 19.0. The number of phenolic OH excluding ortho intramolecular Hbond substituents is 1. The van der Waals surface area contributed by atoms with Gasteiger partial charge in [0.2, 0.25) is 5.91 Å². The molecule has 6 rings (SSSR count). The summed E-state index contributed by atoms with van der Waals surface area (Å²) in [5.41, 5.74) is 5.86. The van der Waals surface area contributed by atoms with E-state index in [0.29, 0.717) is 22.7 Å². The fourth-order valence-electron chi connectivity index (χ4n) is 7.58. The first-order valence-corrected chi connectivity index (χ1v) is 11.3. The van der Waals surface area contributed by atoms with Crippen LogP contribution in [0.15, 0.2) is 29.1 Å². The molecule has 2 fully saturated rings. The van der Waals surface area contributed by atoms with Gasteiger partial charge < -0.3 is 20.9 Å². The van der Waals surface area contributed by atoms with Gasteiger partial charge in [-0.15, -0.1) is 0 Å². The van der Waals surface area contributed by atoms with Gasteiger partial charge in [-0.05, 0) is 55.3 Å². The zero-order chi connectivity index (χ0) is 24.4. The number of phenols is 1. The Kier molecular flexibility index (Phi) is 3.93. The summed E-state index contributed by atoms with van der Waals surface area (Å²) >= 11 is 0. The number of H-pyrrole nitrogens is 1. The van der Waals surface area contributed by atoms with Crippen LogP contribution in [-0.2, 0) is 28.5 Å². The van der Waals surface area contributed by atoms with Crippen LogP contribution in [-0.4, -0.2) is 68.2 Å². The number of aromatic nitrogens is 1. The van der Waals surface area contributed by atoms with E-state index in [1.54, 1.807) is 12.1 Å². The number of amides is 2. The molecule has 2 aromatic rings. The molecule has 4 aliphatic rings. The third-order valence-corrected chi connectivity index (χ3v) is 8.90. The van der Waals surface area contributed by atoms with E-state index in [-0.39, 0.29) is 29.2 Å². The third-order valence-electron chi connectivity index (χ3n) is 8.90. The van der Waals surface area contributed by atoms with Crippen LogP contribution >= 0.6 is 0 Å². The van der Waals surface area contributed by atoms with E-state index in [2.05, 4.69) is 9.88 Å². The quantitative estimate of drug-likeness (QED) is 0.220. The van der Waals surface area contributed by atoms with Crippen molar-refractivity contribution in [1.82, 2.24) is 14.9 Å². The topological polar surface area (TPSA) is 166 Å². The van der Waals surface area contributed by atoms with Crippen LogP contribution in [0.3, 0.4) is 0 Å². The fraction of sp³-hybridized carbons (Fsp3) is 0.458. The summed E-state index contributed by atoms with van der Waals surface area (Å²) in [6.45, 7) is 2.19. The highest BCUT2D eigenvalue weighted by atomic mass is 16.3. The molecule has 10 heteroatoms. The van der Waals surface area contributed by atoms with Gasteiger partial charge in [-0.3, -0.25) is 24.3 Å². The summed E-state index contributed by atoms with van der Waals surface area (Å²) in [6.07, 6.45) is 1.36. The number of nitrogens with one attached hydrogen (secondary N) is 1. The number of carbonyl (C=O) groups excluding carboxylic acids is 2. The summed E-state index contributed by atoms with van der Waals surface area (Å²) in [5.74, 6) is 4.33. The highest BCUT2D eigenvalue weighted by Crippen LogP contribution is 2.72. The number of aliphatic hydroxyl groups is 1. The number of fused-ring (bicyclic) bond motifs is 3. The molecule has 2 spiro atoms. The molecule has 10 nitrogen and oxygen atoms in total. The minimum atomic E-state index is -1.14. The Hall–Kier alpha value is -3.21. The molecule has 5 atom stereocenters. The van der Waals surface area contributed by atoms with E-state index in [0.717, 1.165) is 24.1 Å². The number of likely N-dealkylation sites (tertiary alicyclic amines) is 1. The second-order valence-corrected chi connectivity index (χ2v) is 10.5. The molecule has 1 aliphatic heterocycles. The van der Waals surface area contributed by atoms with E-state index in [1.807, 2.05) is 13.1 Å². The molecular weight excluding hydrogens is 438 g/mol. The molecule has 1 saturated heterocycles. The number of nitrogens with two attached hydrogens (primary N) is 2. The molecule has 3 aliphatic carbocycles. The Balaban J connectivity index is 1.48. The SMILES string of the molecule is CC(C(N)=O)N(N)C(=O)c1cc2c([nH]c1=O)CC13CC4(CN(C)[C@H]4[C@]1(O)C2)c1ccc(O)cc13. The van der Waals surface area contributed by atoms with Crippen molar-refractivity contribution >= 4 is 11.8 Å². The van der Waals surface area contributed by atoms with Gasteiger partial charge in [-0.2, -0.15) is 0 Å². The van der Waals surface area contributed by atoms with Gasteiger partial charge in [0.15, 0.2) is 0 Å². The standard InChI is InChI=1S/C24H27N5O5/c1-11(18(25)31)29(26)20(33)14-5-12-7-24(34)21-22(10-28(21)2)9-23(24,8-17(12)27-19(14)32)16-6-13(30)3-4-15(16)22/h3-6,11,21,30,34H,7-10,26H2,1-2H3,(H2,25,31)(H,27,32)/t11?,21-,22?,23?,24-/m1/s1. The van der Waals surface area contributed by atoms with E-state index in [4.69, 9.17) is 11.6 Å². The number of aromatic amines is 1. The smallest absolute Gasteiger partial charge is 0.274 e. The van der Waals surface area contributed by atoms with E-state index in [1.165, 1.54) is 13.0 Å². The largest absolute Gasteiger partial charge is 0.508 e. The molecule has 2 heterocycles. The van der Waals surface area contributed by atoms with Crippen LogP contribution in [0.2, 0.25) is 0 Å². The minimum absolute atomic E-state index is 0.114. The second kappa shape index (κ2) is 6.26. The highest BCUT2D eigenvalue weighted by Gasteiger charge is 2.80.